The van der Waals surface area contributed by atoms with Crippen LogP contribution >= 0.6 is 0 Å². The molecule has 0 heterocycles. The second kappa shape index (κ2) is 5.85. The van der Waals surface area contributed by atoms with Crippen molar-refractivity contribution in [3.05, 3.63) is 29.8 Å². The predicted octanol–water partition coefficient (Wildman–Crippen LogP) is 2.42. The average molecular weight is 300 g/mol. The number of hydrogen-bond acceptors (Lipinski definition) is 3. The number of nitriles is 1. The number of hydrogen-bond donors (Lipinski definition) is 0. The first-order valence-electron chi connectivity index (χ1n) is 6.30. The van der Waals surface area contributed by atoms with Crippen LogP contribution in [0.25, 0.3) is 0 Å². The van der Waals surface area contributed by atoms with Crippen LogP contribution in [0.15, 0.2) is 23.1 Å². The average Bonchev–Trinajstić information content (AvgIpc) is 2.88. The molecule has 7 heteroatoms. The summed E-state index contributed by atoms with van der Waals surface area (Å²) in [4.78, 5) is -0.582. The lowest BCUT2D eigenvalue weighted by atomic mass is 10.2. The van der Waals surface area contributed by atoms with Crippen molar-refractivity contribution >= 4 is 10.0 Å². The fraction of sp³-hybridized carbons (Fsp3) is 0.462. The number of halogens is 2. The highest BCUT2D eigenvalue weighted by molar-refractivity contribution is 7.89. The Morgan fingerprint density at radius 1 is 1.30 bits per heavy atom. The van der Waals surface area contributed by atoms with Crippen molar-refractivity contribution < 1.29 is 17.2 Å². The van der Waals surface area contributed by atoms with Crippen LogP contribution in [0.4, 0.5) is 8.78 Å². The maximum Gasteiger partial charge on any atom is 0.247 e. The third-order valence-electron chi connectivity index (χ3n) is 3.44. The highest BCUT2D eigenvalue weighted by Crippen LogP contribution is 2.29. The van der Waals surface area contributed by atoms with Gasteiger partial charge in [0.2, 0.25) is 10.0 Å². The van der Waals surface area contributed by atoms with E-state index in [1.54, 1.807) is 6.07 Å². The van der Waals surface area contributed by atoms with Crippen LogP contribution in [0, 0.1) is 23.0 Å². The molecular formula is C13H14F2N2O2S. The third-order valence-corrected chi connectivity index (χ3v) is 5.37. The fourth-order valence-corrected chi connectivity index (χ4v) is 4.11. The van der Waals surface area contributed by atoms with Crippen LogP contribution in [-0.4, -0.2) is 25.3 Å². The van der Waals surface area contributed by atoms with Gasteiger partial charge in [0.05, 0.1) is 6.07 Å². The van der Waals surface area contributed by atoms with Crippen molar-refractivity contribution in [2.24, 2.45) is 0 Å². The summed E-state index contributed by atoms with van der Waals surface area (Å²) < 4.78 is 52.5. The van der Waals surface area contributed by atoms with E-state index in [1.807, 2.05) is 0 Å². The lowest BCUT2D eigenvalue weighted by Gasteiger charge is -2.25. The number of rotatable bonds is 4. The van der Waals surface area contributed by atoms with Crippen LogP contribution in [0.1, 0.15) is 25.7 Å². The molecule has 2 rings (SSSR count). The Labute approximate surface area is 116 Å². The van der Waals surface area contributed by atoms with E-state index in [9.17, 15) is 17.2 Å². The van der Waals surface area contributed by atoms with Gasteiger partial charge >= 0.3 is 0 Å². The molecular weight excluding hydrogens is 286 g/mol. The van der Waals surface area contributed by atoms with Crippen LogP contribution in [0.5, 0.6) is 0 Å². The first-order valence-corrected chi connectivity index (χ1v) is 7.74. The molecule has 0 aliphatic heterocycles. The van der Waals surface area contributed by atoms with E-state index in [0.29, 0.717) is 18.9 Å². The Morgan fingerprint density at radius 2 is 1.95 bits per heavy atom. The molecule has 1 aliphatic rings. The highest BCUT2D eigenvalue weighted by atomic mass is 32.2. The van der Waals surface area contributed by atoms with Crippen molar-refractivity contribution in [1.82, 2.24) is 4.31 Å². The van der Waals surface area contributed by atoms with Crippen LogP contribution < -0.4 is 0 Å². The molecule has 1 aromatic carbocycles. The summed E-state index contributed by atoms with van der Waals surface area (Å²) in [7, 11) is -4.12. The van der Waals surface area contributed by atoms with Gasteiger partial charge in [-0.1, -0.05) is 12.8 Å². The van der Waals surface area contributed by atoms with Gasteiger partial charge < -0.3 is 0 Å². The maximum absolute atomic E-state index is 13.7. The second-order valence-electron chi connectivity index (χ2n) is 4.72. The van der Waals surface area contributed by atoms with Crippen molar-refractivity contribution in [3.8, 4) is 6.07 Å². The van der Waals surface area contributed by atoms with Crippen molar-refractivity contribution in [2.45, 2.75) is 36.6 Å². The Hall–Kier alpha value is -1.52. The normalized spacial score (nSPS) is 16.5. The standard InChI is InChI=1S/C13H14F2N2O2S/c14-10-5-6-13(12(15)9-10)20(18,19)17(8-7-16)11-3-1-2-4-11/h5-6,9,11H,1-4,8H2. The van der Waals surface area contributed by atoms with Crippen LogP contribution in [0.3, 0.4) is 0 Å². The predicted molar refractivity (Wildman–Crippen MR) is 68.1 cm³/mol. The molecule has 0 amide bonds. The molecule has 0 atom stereocenters. The Bertz CT molecular complexity index is 634. The summed E-state index contributed by atoms with van der Waals surface area (Å²) in [5.74, 6) is -1.97. The molecule has 0 aromatic heterocycles. The van der Waals surface area contributed by atoms with Gasteiger partial charge in [-0.15, -0.1) is 0 Å². The minimum absolute atomic E-state index is 0.288. The van der Waals surface area contributed by atoms with Crippen molar-refractivity contribution in [2.75, 3.05) is 6.54 Å². The maximum atomic E-state index is 13.7. The molecule has 108 valence electrons. The van der Waals surface area contributed by atoms with Gasteiger partial charge in [-0.25, -0.2) is 17.2 Å². The molecule has 0 radical (unpaired) electrons. The van der Waals surface area contributed by atoms with E-state index < -0.39 is 26.6 Å². The summed E-state index contributed by atoms with van der Waals surface area (Å²) in [5, 5.41) is 8.81. The van der Waals surface area contributed by atoms with E-state index in [-0.39, 0.29) is 12.6 Å². The lowest BCUT2D eigenvalue weighted by molar-refractivity contribution is 0.348. The molecule has 1 fully saturated rings. The van der Waals surface area contributed by atoms with Crippen LogP contribution in [-0.2, 0) is 10.0 Å². The molecule has 1 aliphatic carbocycles. The molecule has 20 heavy (non-hydrogen) atoms. The molecule has 0 N–H and O–H groups in total. The monoisotopic (exact) mass is 300 g/mol. The molecule has 1 aromatic rings. The molecule has 1 saturated carbocycles. The smallest absolute Gasteiger partial charge is 0.207 e. The van der Waals surface area contributed by atoms with Gasteiger partial charge in [-0.05, 0) is 25.0 Å². The Morgan fingerprint density at radius 3 is 2.50 bits per heavy atom. The van der Waals surface area contributed by atoms with Gasteiger partial charge in [-0.3, -0.25) is 0 Å². The topological polar surface area (TPSA) is 61.2 Å². The van der Waals surface area contributed by atoms with Gasteiger partial charge in [0.25, 0.3) is 0 Å². The van der Waals surface area contributed by atoms with Gasteiger partial charge in [0.1, 0.15) is 23.1 Å². The van der Waals surface area contributed by atoms with Crippen molar-refractivity contribution in [1.29, 1.82) is 5.26 Å². The first kappa shape index (κ1) is 14.9. The molecule has 0 unspecified atom stereocenters. The highest BCUT2D eigenvalue weighted by Gasteiger charge is 2.34. The van der Waals surface area contributed by atoms with E-state index in [2.05, 4.69) is 0 Å². The quantitative estimate of drug-likeness (QED) is 0.802. The number of nitrogens with zero attached hydrogens (tertiary/aromatic N) is 2. The van der Waals surface area contributed by atoms with E-state index in [0.717, 1.165) is 29.3 Å². The Balaban J connectivity index is 2.42. The zero-order valence-corrected chi connectivity index (χ0v) is 11.5. The summed E-state index contributed by atoms with van der Waals surface area (Å²) in [5.41, 5.74) is 0. The third kappa shape index (κ3) is 2.81. The minimum atomic E-state index is -4.12. The SMILES string of the molecule is N#CCN(C1CCCC1)S(=O)(=O)c1ccc(F)cc1F. The summed E-state index contributed by atoms with van der Waals surface area (Å²) >= 11 is 0. The molecule has 0 spiro atoms. The number of sulfonamides is 1. The molecule has 0 saturated heterocycles. The summed E-state index contributed by atoms with van der Waals surface area (Å²) in [6.45, 7) is -0.330. The Kier molecular flexibility index (Phi) is 4.35. The van der Waals surface area contributed by atoms with Crippen molar-refractivity contribution in [3.63, 3.8) is 0 Å². The fourth-order valence-electron chi connectivity index (χ4n) is 2.48. The largest absolute Gasteiger partial charge is 0.247 e. The van der Waals surface area contributed by atoms with Gasteiger partial charge in [0, 0.05) is 12.1 Å². The summed E-state index contributed by atoms with van der Waals surface area (Å²) in [6.07, 6.45) is 3.08. The minimum Gasteiger partial charge on any atom is -0.207 e. The first-order chi connectivity index (χ1) is 9.46. The molecule has 4 nitrogen and oxygen atoms in total. The lowest BCUT2D eigenvalue weighted by Crippen LogP contribution is -2.39. The van der Waals surface area contributed by atoms with Gasteiger partial charge in [0.15, 0.2) is 0 Å². The zero-order valence-electron chi connectivity index (χ0n) is 10.7. The molecule has 0 bridgehead atoms. The van der Waals surface area contributed by atoms with E-state index in [4.69, 9.17) is 5.26 Å². The van der Waals surface area contributed by atoms with Gasteiger partial charge in [-0.2, -0.15) is 9.57 Å². The number of benzene rings is 1. The van der Waals surface area contributed by atoms with E-state index >= 15 is 0 Å². The van der Waals surface area contributed by atoms with Crippen LogP contribution in [0.2, 0.25) is 0 Å². The van der Waals surface area contributed by atoms with E-state index in [1.165, 1.54) is 0 Å². The second-order valence-corrected chi connectivity index (χ2v) is 6.58. The summed E-state index contributed by atoms with van der Waals surface area (Å²) in [6, 6.07) is 3.85. The zero-order chi connectivity index (χ0) is 14.8.